The quantitative estimate of drug-likeness (QED) is 0.285. The number of fused-ring (bicyclic) bond motifs is 3. The highest BCUT2D eigenvalue weighted by Crippen LogP contribution is 2.27. The van der Waals surface area contributed by atoms with Gasteiger partial charge in [-0.25, -0.2) is 0 Å². The second-order valence-electron chi connectivity index (χ2n) is 6.26. The van der Waals surface area contributed by atoms with Crippen LogP contribution in [0.15, 0.2) is 52.4 Å². The molecule has 0 bridgehead atoms. The third kappa shape index (κ3) is 3.48. The Labute approximate surface area is 177 Å². The molecule has 1 amide bonds. The lowest BCUT2D eigenvalue weighted by atomic mass is 10.2. The molecule has 0 fully saturated rings. The summed E-state index contributed by atoms with van der Waals surface area (Å²) in [7, 11) is 1.61. The first kappa shape index (κ1) is 19.9. The fourth-order valence-corrected chi connectivity index (χ4v) is 3.90. The van der Waals surface area contributed by atoms with Gasteiger partial charge < -0.3 is 5.32 Å². The zero-order valence-electron chi connectivity index (χ0n) is 15.4. The Morgan fingerprint density at radius 2 is 2.03 bits per heavy atom. The molecular weight excluding hydrogens is 432 g/mol. The number of aryl methyl sites for hydroxylation is 1. The van der Waals surface area contributed by atoms with Crippen molar-refractivity contribution in [3.8, 4) is 0 Å². The van der Waals surface area contributed by atoms with Crippen LogP contribution in [-0.2, 0) is 11.8 Å². The maximum Gasteiger partial charge on any atom is 0.271 e. The maximum absolute atomic E-state index is 12.5. The van der Waals surface area contributed by atoms with Crippen LogP contribution in [0.2, 0.25) is 5.02 Å². The molecule has 152 valence electrons. The third-order valence-corrected chi connectivity index (χ3v) is 5.61. The standard InChI is InChI=1S/C18H13ClN6O4S/c1-23-16(27)11-4-2-3-5-14(11)24-17(23)21-22-18(24)30-9-15(26)20-13-7-6-10(25(28)29)8-12(13)19/h2-8H,9H2,1H3,(H,20,26). The molecule has 0 unspecified atom stereocenters. The lowest BCUT2D eigenvalue weighted by Gasteiger charge is -2.08. The summed E-state index contributed by atoms with van der Waals surface area (Å²) in [6.45, 7) is 0. The van der Waals surface area contributed by atoms with Crippen LogP contribution in [0, 0.1) is 10.1 Å². The molecule has 4 rings (SSSR count). The SMILES string of the molecule is Cn1c(=O)c2ccccc2n2c(SCC(=O)Nc3ccc([N+](=O)[O-])cc3Cl)nnc12. The van der Waals surface area contributed by atoms with Crippen LogP contribution in [0.4, 0.5) is 11.4 Å². The Kier molecular flexibility index (Phi) is 5.14. The van der Waals surface area contributed by atoms with Crippen molar-refractivity contribution in [3.63, 3.8) is 0 Å². The van der Waals surface area contributed by atoms with Crippen LogP contribution >= 0.6 is 23.4 Å². The molecule has 0 saturated carbocycles. The Hall–Kier alpha value is -3.44. The van der Waals surface area contributed by atoms with Gasteiger partial charge in [0.15, 0.2) is 5.16 Å². The van der Waals surface area contributed by atoms with Gasteiger partial charge in [-0.3, -0.25) is 28.7 Å². The smallest absolute Gasteiger partial charge is 0.271 e. The monoisotopic (exact) mass is 444 g/mol. The normalized spacial score (nSPS) is 11.1. The molecule has 2 aromatic carbocycles. The summed E-state index contributed by atoms with van der Waals surface area (Å²) in [6, 6.07) is 10.9. The molecule has 0 aliphatic heterocycles. The fraction of sp³-hybridized carbons (Fsp3) is 0.111. The van der Waals surface area contributed by atoms with Crippen molar-refractivity contribution >= 4 is 57.3 Å². The van der Waals surface area contributed by atoms with E-state index < -0.39 is 4.92 Å². The zero-order chi connectivity index (χ0) is 21.4. The average molecular weight is 445 g/mol. The minimum atomic E-state index is -0.568. The number of nitrogens with one attached hydrogen (secondary N) is 1. The molecule has 1 N–H and O–H groups in total. The Bertz CT molecular complexity index is 1380. The number of anilines is 1. The van der Waals surface area contributed by atoms with Gasteiger partial charge in [0.25, 0.3) is 11.2 Å². The maximum atomic E-state index is 12.5. The van der Waals surface area contributed by atoms with E-state index in [4.69, 9.17) is 11.6 Å². The van der Waals surface area contributed by atoms with E-state index in [0.717, 1.165) is 11.8 Å². The summed E-state index contributed by atoms with van der Waals surface area (Å²) in [5, 5.41) is 22.6. The van der Waals surface area contributed by atoms with Crippen LogP contribution in [0.5, 0.6) is 0 Å². The summed E-state index contributed by atoms with van der Waals surface area (Å²) in [5.41, 5.74) is 0.557. The van der Waals surface area contributed by atoms with Gasteiger partial charge in [0, 0.05) is 19.2 Å². The number of para-hydroxylation sites is 1. The van der Waals surface area contributed by atoms with E-state index in [1.54, 1.807) is 35.7 Å². The van der Waals surface area contributed by atoms with E-state index in [1.807, 2.05) is 0 Å². The number of benzene rings is 2. The van der Waals surface area contributed by atoms with Crippen LogP contribution in [0.3, 0.4) is 0 Å². The topological polar surface area (TPSA) is 124 Å². The fourth-order valence-electron chi connectivity index (χ4n) is 2.94. The second kappa shape index (κ2) is 7.76. The molecule has 12 heteroatoms. The molecule has 4 aromatic rings. The van der Waals surface area contributed by atoms with Gasteiger partial charge in [0.2, 0.25) is 11.7 Å². The number of rotatable bonds is 5. The number of non-ortho nitro benzene ring substituents is 1. The van der Waals surface area contributed by atoms with Crippen molar-refractivity contribution in [2.45, 2.75) is 5.16 Å². The van der Waals surface area contributed by atoms with Crippen LogP contribution < -0.4 is 10.9 Å². The van der Waals surface area contributed by atoms with Crippen molar-refractivity contribution in [2.75, 3.05) is 11.1 Å². The highest BCUT2D eigenvalue weighted by molar-refractivity contribution is 7.99. The minimum Gasteiger partial charge on any atom is -0.324 e. The van der Waals surface area contributed by atoms with Gasteiger partial charge >= 0.3 is 0 Å². The van der Waals surface area contributed by atoms with E-state index in [2.05, 4.69) is 15.5 Å². The summed E-state index contributed by atoms with van der Waals surface area (Å²) < 4.78 is 3.11. The van der Waals surface area contributed by atoms with E-state index in [-0.39, 0.29) is 33.6 Å². The predicted molar refractivity (Wildman–Crippen MR) is 113 cm³/mol. The number of thioether (sulfide) groups is 1. The van der Waals surface area contributed by atoms with Gasteiger partial charge in [-0.05, 0) is 18.2 Å². The molecule has 0 aliphatic rings. The van der Waals surface area contributed by atoms with E-state index in [0.29, 0.717) is 21.8 Å². The number of halogens is 1. The van der Waals surface area contributed by atoms with Gasteiger partial charge in [-0.2, -0.15) is 0 Å². The Morgan fingerprint density at radius 1 is 1.27 bits per heavy atom. The Balaban J connectivity index is 1.58. The number of nitrogens with zero attached hydrogens (tertiary/aromatic N) is 5. The lowest BCUT2D eigenvalue weighted by Crippen LogP contribution is -2.20. The average Bonchev–Trinajstić information content (AvgIpc) is 3.16. The van der Waals surface area contributed by atoms with Crippen LogP contribution in [0.1, 0.15) is 0 Å². The number of aromatic nitrogens is 4. The first-order valence-corrected chi connectivity index (χ1v) is 9.92. The molecular formula is C18H13ClN6O4S. The Morgan fingerprint density at radius 3 is 2.77 bits per heavy atom. The molecule has 2 heterocycles. The number of amides is 1. The molecule has 2 aromatic heterocycles. The van der Waals surface area contributed by atoms with Gasteiger partial charge in [-0.15, -0.1) is 10.2 Å². The third-order valence-electron chi connectivity index (χ3n) is 4.37. The first-order valence-electron chi connectivity index (χ1n) is 8.56. The number of carbonyl (C=O) groups is 1. The van der Waals surface area contributed by atoms with Crippen molar-refractivity contribution in [2.24, 2.45) is 7.05 Å². The number of carbonyl (C=O) groups excluding carboxylic acids is 1. The largest absolute Gasteiger partial charge is 0.324 e. The number of nitro benzene ring substituents is 1. The number of hydrogen-bond acceptors (Lipinski definition) is 7. The summed E-state index contributed by atoms with van der Waals surface area (Å²) in [4.78, 5) is 35.1. The van der Waals surface area contributed by atoms with Crippen molar-refractivity contribution < 1.29 is 9.72 Å². The van der Waals surface area contributed by atoms with Gasteiger partial charge in [0.1, 0.15) is 0 Å². The van der Waals surface area contributed by atoms with Crippen molar-refractivity contribution in [1.29, 1.82) is 0 Å². The first-order chi connectivity index (χ1) is 14.4. The lowest BCUT2D eigenvalue weighted by molar-refractivity contribution is -0.384. The minimum absolute atomic E-state index is 0.00865. The van der Waals surface area contributed by atoms with Crippen molar-refractivity contribution in [3.05, 3.63) is 68.0 Å². The highest BCUT2D eigenvalue weighted by atomic mass is 35.5. The summed E-state index contributed by atoms with van der Waals surface area (Å²) in [6.07, 6.45) is 0. The zero-order valence-corrected chi connectivity index (χ0v) is 17.0. The van der Waals surface area contributed by atoms with E-state index in [1.165, 1.54) is 22.8 Å². The van der Waals surface area contributed by atoms with Gasteiger partial charge in [-0.1, -0.05) is 35.5 Å². The highest BCUT2D eigenvalue weighted by Gasteiger charge is 2.17. The van der Waals surface area contributed by atoms with Gasteiger partial charge in [0.05, 0.1) is 32.3 Å². The molecule has 0 aliphatic carbocycles. The number of nitro groups is 1. The van der Waals surface area contributed by atoms with Crippen molar-refractivity contribution in [1.82, 2.24) is 19.2 Å². The summed E-state index contributed by atoms with van der Waals surface area (Å²) >= 11 is 7.15. The summed E-state index contributed by atoms with van der Waals surface area (Å²) in [5.74, 6) is -0.0210. The van der Waals surface area contributed by atoms with Crippen LogP contribution in [-0.4, -0.2) is 35.7 Å². The van der Waals surface area contributed by atoms with E-state index in [9.17, 15) is 19.7 Å². The predicted octanol–water partition coefficient (Wildman–Crippen LogP) is 2.87. The second-order valence-corrected chi connectivity index (χ2v) is 7.61. The molecule has 0 spiro atoms. The van der Waals surface area contributed by atoms with E-state index >= 15 is 0 Å². The molecule has 30 heavy (non-hydrogen) atoms. The number of hydrogen-bond donors (Lipinski definition) is 1. The molecule has 0 radical (unpaired) electrons. The molecule has 0 atom stereocenters. The molecule has 10 nitrogen and oxygen atoms in total. The molecule has 0 saturated heterocycles. The van der Waals surface area contributed by atoms with Crippen LogP contribution in [0.25, 0.3) is 16.7 Å².